The highest BCUT2D eigenvalue weighted by Gasteiger charge is 2.39. The molecule has 1 fully saturated rings. The van der Waals surface area contributed by atoms with Crippen LogP contribution in [-0.4, -0.2) is 36.6 Å². The van der Waals surface area contributed by atoms with Gasteiger partial charge in [0, 0.05) is 32.0 Å². The molecule has 0 bridgehead atoms. The lowest BCUT2D eigenvalue weighted by molar-refractivity contribution is -0.0274. The monoisotopic (exact) mass is 277 g/mol. The average molecular weight is 277 g/mol. The third kappa shape index (κ3) is 2.55. The number of nitrogens with one attached hydrogen (secondary N) is 1. The van der Waals surface area contributed by atoms with E-state index in [1.807, 2.05) is 13.0 Å². The molecule has 110 valence electrons. The van der Waals surface area contributed by atoms with Gasteiger partial charge in [-0.3, -0.25) is 0 Å². The van der Waals surface area contributed by atoms with E-state index >= 15 is 0 Å². The Hall–Kier alpha value is -1.10. The zero-order chi connectivity index (χ0) is 14.2. The molecular formula is C16H23NO3. The summed E-state index contributed by atoms with van der Waals surface area (Å²) in [7, 11) is 0. The molecule has 0 aromatic heterocycles. The Labute approximate surface area is 120 Å². The number of ether oxygens (including phenoxy) is 2. The van der Waals surface area contributed by atoms with Gasteiger partial charge in [0.15, 0.2) is 0 Å². The van der Waals surface area contributed by atoms with E-state index in [4.69, 9.17) is 9.47 Å². The van der Waals surface area contributed by atoms with Crippen molar-refractivity contribution in [3.63, 3.8) is 0 Å². The van der Waals surface area contributed by atoms with Gasteiger partial charge in [0.1, 0.15) is 11.4 Å². The van der Waals surface area contributed by atoms with Gasteiger partial charge >= 0.3 is 0 Å². The van der Waals surface area contributed by atoms with Crippen molar-refractivity contribution in [2.24, 2.45) is 0 Å². The Bertz CT molecular complexity index is 491. The Morgan fingerprint density at radius 3 is 3.05 bits per heavy atom. The first-order chi connectivity index (χ1) is 9.58. The molecule has 3 atom stereocenters. The molecule has 2 aliphatic heterocycles. The van der Waals surface area contributed by atoms with Crippen molar-refractivity contribution < 1.29 is 14.6 Å². The van der Waals surface area contributed by atoms with Crippen molar-refractivity contribution in [1.82, 2.24) is 5.32 Å². The summed E-state index contributed by atoms with van der Waals surface area (Å²) < 4.78 is 11.0. The lowest BCUT2D eigenvalue weighted by atomic mass is 9.95. The average Bonchev–Trinajstić information content (AvgIpc) is 3.03. The fourth-order valence-corrected chi connectivity index (χ4v) is 2.93. The minimum Gasteiger partial charge on any atom is -0.493 e. The van der Waals surface area contributed by atoms with Crippen molar-refractivity contribution in [3.05, 3.63) is 29.3 Å². The summed E-state index contributed by atoms with van der Waals surface area (Å²) in [5, 5.41) is 13.9. The Kier molecular flexibility index (Phi) is 3.71. The first-order valence-electron chi connectivity index (χ1n) is 7.41. The Morgan fingerprint density at radius 1 is 1.45 bits per heavy atom. The van der Waals surface area contributed by atoms with Gasteiger partial charge in [0.2, 0.25) is 0 Å². The van der Waals surface area contributed by atoms with Crippen LogP contribution in [0.4, 0.5) is 0 Å². The highest BCUT2D eigenvalue weighted by atomic mass is 16.5. The van der Waals surface area contributed by atoms with Crippen LogP contribution in [0.3, 0.4) is 0 Å². The molecule has 0 amide bonds. The molecular weight excluding hydrogens is 254 g/mol. The number of hydrogen-bond donors (Lipinski definition) is 2. The molecule has 0 aliphatic carbocycles. The molecule has 2 N–H and O–H groups in total. The molecule has 0 saturated carbocycles. The molecule has 4 nitrogen and oxygen atoms in total. The van der Waals surface area contributed by atoms with E-state index in [1.165, 1.54) is 11.1 Å². The van der Waals surface area contributed by atoms with Crippen LogP contribution in [0.1, 0.15) is 37.4 Å². The molecule has 2 heterocycles. The van der Waals surface area contributed by atoms with Crippen LogP contribution in [0.2, 0.25) is 0 Å². The van der Waals surface area contributed by atoms with E-state index in [9.17, 15) is 5.11 Å². The summed E-state index contributed by atoms with van der Waals surface area (Å²) in [6, 6.07) is 6.56. The maximum Gasteiger partial charge on any atom is 0.122 e. The fraction of sp³-hybridized carbons (Fsp3) is 0.625. The Balaban J connectivity index is 1.63. The standard InChI is InChI=1S/C16H23NO3/c1-11(17-10-16(18)6-8-19-12(16)2)13-3-4-15-14(9-13)5-7-20-15/h3-4,9,11-12,17-18H,5-8,10H2,1-2H3. The number of aliphatic hydroxyl groups is 1. The van der Waals surface area contributed by atoms with Gasteiger partial charge < -0.3 is 19.9 Å². The molecule has 3 unspecified atom stereocenters. The van der Waals surface area contributed by atoms with Gasteiger partial charge in [-0.05, 0) is 31.0 Å². The fourth-order valence-electron chi connectivity index (χ4n) is 2.93. The van der Waals surface area contributed by atoms with Gasteiger partial charge in [-0.1, -0.05) is 12.1 Å². The largest absolute Gasteiger partial charge is 0.493 e. The lowest BCUT2D eigenvalue weighted by Gasteiger charge is -2.28. The molecule has 20 heavy (non-hydrogen) atoms. The van der Waals surface area contributed by atoms with Gasteiger partial charge in [0.25, 0.3) is 0 Å². The minimum absolute atomic E-state index is 0.101. The molecule has 2 aliphatic rings. The molecule has 3 rings (SSSR count). The second-order valence-electron chi connectivity index (χ2n) is 5.93. The van der Waals surface area contributed by atoms with E-state index in [2.05, 4.69) is 24.4 Å². The maximum atomic E-state index is 10.5. The third-order valence-corrected chi connectivity index (χ3v) is 4.59. The van der Waals surface area contributed by atoms with Crippen LogP contribution in [0.15, 0.2) is 18.2 Å². The first-order valence-corrected chi connectivity index (χ1v) is 7.41. The van der Waals surface area contributed by atoms with Crippen LogP contribution in [-0.2, 0) is 11.2 Å². The van der Waals surface area contributed by atoms with Gasteiger partial charge in [-0.25, -0.2) is 0 Å². The van der Waals surface area contributed by atoms with Crippen LogP contribution >= 0.6 is 0 Å². The third-order valence-electron chi connectivity index (χ3n) is 4.59. The normalized spacial score (nSPS) is 30.1. The number of hydrogen-bond acceptors (Lipinski definition) is 4. The predicted octanol–water partition coefficient (Wildman–Crippen LogP) is 1.81. The van der Waals surface area contributed by atoms with Crippen LogP contribution < -0.4 is 10.1 Å². The molecule has 0 radical (unpaired) electrons. The number of rotatable bonds is 4. The zero-order valence-corrected chi connectivity index (χ0v) is 12.2. The van der Waals surface area contributed by atoms with E-state index in [-0.39, 0.29) is 12.1 Å². The molecule has 1 saturated heterocycles. The summed E-state index contributed by atoms with van der Waals surface area (Å²) in [5.41, 5.74) is 1.78. The van der Waals surface area contributed by atoms with Gasteiger partial charge in [-0.15, -0.1) is 0 Å². The summed E-state index contributed by atoms with van der Waals surface area (Å²) in [6.45, 7) is 6.05. The topological polar surface area (TPSA) is 50.7 Å². The lowest BCUT2D eigenvalue weighted by Crippen LogP contribution is -2.46. The number of benzene rings is 1. The summed E-state index contributed by atoms with van der Waals surface area (Å²) in [4.78, 5) is 0. The van der Waals surface area contributed by atoms with E-state index in [0.29, 0.717) is 19.6 Å². The van der Waals surface area contributed by atoms with Gasteiger partial charge in [-0.2, -0.15) is 0 Å². The molecule has 1 aromatic rings. The van der Waals surface area contributed by atoms with Crippen molar-refractivity contribution >= 4 is 0 Å². The van der Waals surface area contributed by atoms with E-state index in [0.717, 1.165) is 18.8 Å². The summed E-state index contributed by atoms with van der Waals surface area (Å²) >= 11 is 0. The minimum atomic E-state index is -0.742. The Morgan fingerprint density at radius 2 is 2.30 bits per heavy atom. The second-order valence-corrected chi connectivity index (χ2v) is 5.93. The predicted molar refractivity (Wildman–Crippen MR) is 77.0 cm³/mol. The maximum absolute atomic E-state index is 10.5. The zero-order valence-electron chi connectivity index (χ0n) is 12.2. The van der Waals surface area contributed by atoms with Gasteiger partial charge in [0.05, 0.1) is 12.7 Å². The van der Waals surface area contributed by atoms with Crippen molar-refractivity contribution in [2.45, 2.75) is 44.4 Å². The molecule has 4 heteroatoms. The molecule has 1 aromatic carbocycles. The highest BCUT2D eigenvalue weighted by Crippen LogP contribution is 2.29. The second kappa shape index (κ2) is 5.35. The van der Waals surface area contributed by atoms with Crippen LogP contribution in [0, 0.1) is 0 Å². The quantitative estimate of drug-likeness (QED) is 0.881. The van der Waals surface area contributed by atoms with Crippen molar-refractivity contribution in [1.29, 1.82) is 0 Å². The van der Waals surface area contributed by atoms with Crippen LogP contribution in [0.5, 0.6) is 5.75 Å². The van der Waals surface area contributed by atoms with E-state index in [1.54, 1.807) is 0 Å². The highest BCUT2D eigenvalue weighted by molar-refractivity contribution is 5.40. The molecule has 0 spiro atoms. The smallest absolute Gasteiger partial charge is 0.122 e. The SMILES string of the molecule is CC(NCC1(O)CCOC1C)c1ccc2c(c1)CCO2. The van der Waals surface area contributed by atoms with Crippen LogP contribution in [0.25, 0.3) is 0 Å². The van der Waals surface area contributed by atoms with E-state index < -0.39 is 5.60 Å². The summed E-state index contributed by atoms with van der Waals surface area (Å²) in [5.74, 6) is 1.01. The van der Waals surface area contributed by atoms with Crippen molar-refractivity contribution in [3.8, 4) is 5.75 Å². The number of fused-ring (bicyclic) bond motifs is 1. The summed E-state index contributed by atoms with van der Waals surface area (Å²) in [6.07, 6.45) is 1.59. The first kappa shape index (κ1) is 13.9. The van der Waals surface area contributed by atoms with Crippen molar-refractivity contribution in [2.75, 3.05) is 19.8 Å².